The van der Waals surface area contributed by atoms with Gasteiger partial charge in [-0.2, -0.15) is 0 Å². The zero-order valence-electron chi connectivity index (χ0n) is 14.6. The summed E-state index contributed by atoms with van der Waals surface area (Å²) in [6.45, 7) is 6.71. The van der Waals surface area contributed by atoms with Crippen molar-refractivity contribution in [2.24, 2.45) is 0 Å². The Labute approximate surface area is 141 Å². The quantitative estimate of drug-likeness (QED) is 0.705. The first kappa shape index (κ1) is 19.9. The van der Waals surface area contributed by atoms with Crippen molar-refractivity contribution in [1.29, 1.82) is 0 Å². The van der Waals surface area contributed by atoms with Gasteiger partial charge in [0.05, 0.1) is 12.7 Å². The second-order valence-electron chi connectivity index (χ2n) is 6.46. The summed E-state index contributed by atoms with van der Waals surface area (Å²) in [6, 6.07) is 4.68. The maximum atomic E-state index is 11.6. The van der Waals surface area contributed by atoms with Crippen molar-refractivity contribution >= 4 is 12.1 Å². The Morgan fingerprint density at radius 3 is 2.42 bits per heavy atom. The van der Waals surface area contributed by atoms with Crippen molar-refractivity contribution in [3.05, 3.63) is 34.9 Å². The van der Waals surface area contributed by atoms with Crippen LogP contribution in [-0.4, -0.2) is 47.6 Å². The Hall–Kier alpha value is -2.12. The second kappa shape index (κ2) is 8.12. The molecule has 0 aromatic heterocycles. The fourth-order valence-corrected chi connectivity index (χ4v) is 2.02. The number of rotatable bonds is 5. The molecule has 2 unspecified atom stereocenters. The normalized spacial score (nSPS) is 13.8. The molecule has 1 aromatic rings. The number of hydrogen-bond acceptors (Lipinski definition) is 6. The minimum absolute atomic E-state index is 0.196. The molecule has 1 aromatic carbocycles. The van der Waals surface area contributed by atoms with Crippen LogP contribution in [0, 0.1) is 6.92 Å². The van der Waals surface area contributed by atoms with Gasteiger partial charge in [-0.1, -0.05) is 6.07 Å². The van der Waals surface area contributed by atoms with E-state index in [1.165, 1.54) is 13.2 Å². The number of amides is 1. The summed E-state index contributed by atoms with van der Waals surface area (Å²) in [7, 11) is 1.26. The molecule has 3 N–H and O–H groups in total. The van der Waals surface area contributed by atoms with Crippen molar-refractivity contribution < 1.29 is 29.3 Å². The van der Waals surface area contributed by atoms with Gasteiger partial charge in [0.25, 0.3) is 0 Å². The molecule has 1 rings (SSSR count). The Bertz CT molecular complexity index is 593. The van der Waals surface area contributed by atoms with Crippen LogP contribution in [-0.2, 0) is 9.47 Å². The molecule has 134 valence electrons. The van der Waals surface area contributed by atoms with Crippen molar-refractivity contribution in [2.45, 2.75) is 45.5 Å². The molecule has 0 radical (unpaired) electrons. The number of esters is 1. The van der Waals surface area contributed by atoms with Crippen LogP contribution in [0.3, 0.4) is 0 Å². The third-order valence-electron chi connectivity index (χ3n) is 3.24. The van der Waals surface area contributed by atoms with E-state index >= 15 is 0 Å². The molecule has 1 amide bonds. The van der Waals surface area contributed by atoms with Crippen LogP contribution in [0.5, 0.6) is 0 Å². The summed E-state index contributed by atoms with van der Waals surface area (Å²) in [6.07, 6.45) is -3.22. The van der Waals surface area contributed by atoms with Crippen molar-refractivity contribution in [2.75, 3.05) is 13.7 Å². The standard InChI is InChI=1S/C17H25NO6/c1-10-6-7-11(15(21)23-5)8-12(10)14(20)13(19)9-18-16(22)24-17(2,3)4/h6-8,13-14,19-20H,9H2,1-5H3,(H,18,22). The summed E-state index contributed by atoms with van der Waals surface area (Å²) in [4.78, 5) is 23.2. The van der Waals surface area contributed by atoms with E-state index < -0.39 is 29.9 Å². The van der Waals surface area contributed by atoms with Gasteiger partial charge in [0, 0.05) is 6.54 Å². The molecule has 0 bridgehead atoms. The fourth-order valence-electron chi connectivity index (χ4n) is 2.02. The predicted octanol–water partition coefficient (Wildman–Crippen LogP) is 1.70. The Morgan fingerprint density at radius 2 is 1.88 bits per heavy atom. The van der Waals surface area contributed by atoms with Gasteiger partial charge < -0.3 is 25.0 Å². The molecule has 0 spiro atoms. The van der Waals surface area contributed by atoms with Crippen LogP contribution in [0.2, 0.25) is 0 Å². The smallest absolute Gasteiger partial charge is 0.407 e. The van der Waals surface area contributed by atoms with Crippen molar-refractivity contribution in [1.82, 2.24) is 5.32 Å². The van der Waals surface area contributed by atoms with Gasteiger partial charge in [0.15, 0.2) is 0 Å². The van der Waals surface area contributed by atoms with Crippen LogP contribution in [0.1, 0.15) is 48.4 Å². The van der Waals surface area contributed by atoms with E-state index in [0.717, 1.165) is 0 Å². The van der Waals surface area contributed by atoms with Crippen molar-refractivity contribution in [3.63, 3.8) is 0 Å². The molecule has 0 aliphatic heterocycles. The van der Waals surface area contributed by atoms with Gasteiger partial charge in [0.2, 0.25) is 0 Å². The summed E-state index contributed by atoms with van der Waals surface area (Å²) in [5.74, 6) is -0.537. The van der Waals surface area contributed by atoms with Gasteiger partial charge in [0.1, 0.15) is 17.8 Å². The molecule has 0 saturated carbocycles. The van der Waals surface area contributed by atoms with Crippen LogP contribution in [0.15, 0.2) is 18.2 Å². The molecule has 0 saturated heterocycles. The van der Waals surface area contributed by atoms with E-state index in [0.29, 0.717) is 11.1 Å². The van der Waals surface area contributed by atoms with E-state index in [1.807, 2.05) is 0 Å². The first-order valence-corrected chi connectivity index (χ1v) is 7.57. The van der Waals surface area contributed by atoms with E-state index in [-0.39, 0.29) is 12.1 Å². The molecule has 2 atom stereocenters. The largest absolute Gasteiger partial charge is 0.465 e. The molecule has 7 heteroatoms. The first-order chi connectivity index (χ1) is 11.0. The van der Waals surface area contributed by atoms with Gasteiger partial charge in [-0.3, -0.25) is 0 Å². The fraction of sp³-hybridized carbons (Fsp3) is 0.529. The highest BCUT2D eigenvalue weighted by Crippen LogP contribution is 2.22. The number of aryl methyl sites for hydroxylation is 1. The minimum Gasteiger partial charge on any atom is -0.465 e. The number of carbonyl (C=O) groups is 2. The van der Waals surface area contributed by atoms with E-state index in [9.17, 15) is 19.8 Å². The number of carbonyl (C=O) groups excluding carboxylic acids is 2. The number of methoxy groups -OCH3 is 1. The van der Waals surface area contributed by atoms with Gasteiger partial charge in [-0.15, -0.1) is 0 Å². The van der Waals surface area contributed by atoms with Gasteiger partial charge in [-0.05, 0) is 51.0 Å². The van der Waals surface area contributed by atoms with Crippen LogP contribution >= 0.6 is 0 Å². The SMILES string of the molecule is COC(=O)c1ccc(C)c(C(O)C(O)CNC(=O)OC(C)(C)C)c1. The minimum atomic E-state index is -1.27. The number of ether oxygens (including phenoxy) is 2. The maximum Gasteiger partial charge on any atom is 0.407 e. The topological polar surface area (TPSA) is 105 Å². The summed E-state index contributed by atoms with van der Waals surface area (Å²) in [5.41, 5.74) is 0.700. The molecule has 0 heterocycles. The highest BCUT2D eigenvalue weighted by molar-refractivity contribution is 5.89. The lowest BCUT2D eigenvalue weighted by molar-refractivity contribution is 0.0126. The predicted molar refractivity (Wildman–Crippen MR) is 87.7 cm³/mol. The maximum absolute atomic E-state index is 11.6. The molecule has 7 nitrogen and oxygen atoms in total. The second-order valence-corrected chi connectivity index (χ2v) is 6.46. The summed E-state index contributed by atoms with van der Waals surface area (Å²) in [5, 5.41) is 22.8. The summed E-state index contributed by atoms with van der Waals surface area (Å²) >= 11 is 0. The van der Waals surface area contributed by atoms with E-state index in [4.69, 9.17) is 4.74 Å². The third kappa shape index (κ3) is 5.82. The van der Waals surface area contributed by atoms with E-state index in [2.05, 4.69) is 10.1 Å². The first-order valence-electron chi connectivity index (χ1n) is 7.57. The van der Waals surface area contributed by atoms with Gasteiger partial charge in [-0.25, -0.2) is 9.59 Å². The number of alkyl carbamates (subject to hydrolysis) is 1. The van der Waals surface area contributed by atoms with Crippen LogP contribution in [0.4, 0.5) is 4.79 Å². The highest BCUT2D eigenvalue weighted by atomic mass is 16.6. The number of aliphatic hydroxyl groups excluding tert-OH is 2. The Kier molecular flexibility index (Phi) is 6.74. The highest BCUT2D eigenvalue weighted by Gasteiger charge is 2.23. The molecular formula is C17H25NO6. The number of aliphatic hydroxyl groups is 2. The molecule has 24 heavy (non-hydrogen) atoms. The average molecular weight is 339 g/mol. The lowest BCUT2D eigenvalue weighted by Crippen LogP contribution is -2.39. The Balaban J connectivity index is 2.77. The lowest BCUT2D eigenvalue weighted by Gasteiger charge is -2.23. The number of nitrogens with one attached hydrogen (secondary N) is 1. The van der Waals surface area contributed by atoms with E-state index in [1.54, 1.807) is 39.8 Å². The molecule has 0 fully saturated rings. The lowest BCUT2D eigenvalue weighted by atomic mass is 9.97. The van der Waals surface area contributed by atoms with Gasteiger partial charge >= 0.3 is 12.1 Å². The Morgan fingerprint density at radius 1 is 1.25 bits per heavy atom. The number of benzene rings is 1. The average Bonchev–Trinajstić information content (AvgIpc) is 2.50. The zero-order valence-corrected chi connectivity index (χ0v) is 14.6. The molecule has 0 aliphatic rings. The van der Waals surface area contributed by atoms with Crippen LogP contribution < -0.4 is 5.32 Å². The molecular weight excluding hydrogens is 314 g/mol. The zero-order chi connectivity index (χ0) is 18.5. The van der Waals surface area contributed by atoms with Crippen LogP contribution in [0.25, 0.3) is 0 Å². The van der Waals surface area contributed by atoms with Crippen molar-refractivity contribution in [3.8, 4) is 0 Å². The summed E-state index contributed by atoms with van der Waals surface area (Å²) < 4.78 is 9.70. The third-order valence-corrected chi connectivity index (χ3v) is 3.24. The monoisotopic (exact) mass is 339 g/mol. The molecule has 0 aliphatic carbocycles. The number of hydrogen-bond donors (Lipinski definition) is 3.